The lowest BCUT2D eigenvalue weighted by Gasteiger charge is -2.23. The smallest absolute Gasteiger partial charge is 0.355 e. The molecule has 1 atom stereocenters. The zero-order valence-electron chi connectivity index (χ0n) is 9.56. The summed E-state index contributed by atoms with van der Waals surface area (Å²) in [5, 5.41) is 0. The minimum Gasteiger partial charge on any atom is -0.355 e. The zero-order valence-corrected chi connectivity index (χ0v) is 9.56. The molecule has 0 aliphatic carbocycles. The van der Waals surface area contributed by atoms with Gasteiger partial charge in [-0.1, -0.05) is 0 Å². The Morgan fingerprint density at radius 3 is 1.83 bits per heavy atom. The van der Waals surface area contributed by atoms with E-state index >= 15 is 0 Å². The molecule has 0 aromatic heterocycles. The standard InChI is InChI=1S/C9H12F6O3/c1-3-18-6(17-2)4-5(16)7(8(10,11)12)9(13,14)15/h6-7H,3-4H2,1-2H3. The topological polar surface area (TPSA) is 35.5 Å². The van der Waals surface area contributed by atoms with Crippen molar-refractivity contribution in [1.82, 2.24) is 0 Å². The molecule has 3 nitrogen and oxygen atoms in total. The molecule has 0 spiro atoms. The highest BCUT2D eigenvalue weighted by molar-refractivity contribution is 5.82. The van der Waals surface area contributed by atoms with Crippen molar-refractivity contribution in [3.8, 4) is 0 Å². The SMILES string of the molecule is CCOC(CC(=O)C(C(F)(F)F)C(F)(F)F)OC. The van der Waals surface area contributed by atoms with E-state index in [1.807, 2.05) is 0 Å². The number of ketones is 1. The predicted octanol–water partition coefficient (Wildman–Crippen LogP) is 2.70. The number of Topliss-reactive ketones (excluding diaryl/α,β-unsaturated/α-hetero) is 1. The maximum atomic E-state index is 12.2. The molecule has 0 heterocycles. The molecule has 0 aromatic rings. The van der Waals surface area contributed by atoms with E-state index in [1.165, 1.54) is 6.92 Å². The van der Waals surface area contributed by atoms with Gasteiger partial charge in [0.15, 0.2) is 12.1 Å². The number of hydrogen-bond acceptors (Lipinski definition) is 3. The Kier molecular flexibility index (Phi) is 6.08. The van der Waals surface area contributed by atoms with Gasteiger partial charge in [0.1, 0.15) is 0 Å². The van der Waals surface area contributed by atoms with E-state index in [2.05, 4.69) is 9.47 Å². The Hall–Kier alpha value is -0.830. The summed E-state index contributed by atoms with van der Waals surface area (Å²) in [6.45, 7) is 1.45. The first-order valence-electron chi connectivity index (χ1n) is 4.84. The molecule has 0 aliphatic rings. The van der Waals surface area contributed by atoms with E-state index in [9.17, 15) is 31.1 Å². The van der Waals surface area contributed by atoms with Crippen molar-refractivity contribution in [2.45, 2.75) is 32.0 Å². The number of halogens is 6. The molecule has 0 N–H and O–H groups in total. The molecule has 0 bridgehead atoms. The highest BCUT2D eigenvalue weighted by Gasteiger charge is 2.60. The van der Waals surface area contributed by atoms with Gasteiger partial charge in [0.25, 0.3) is 0 Å². The van der Waals surface area contributed by atoms with E-state index in [0.717, 1.165) is 7.11 Å². The highest BCUT2D eigenvalue weighted by Crippen LogP contribution is 2.40. The average Bonchev–Trinajstić information content (AvgIpc) is 2.11. The van der Waals surface area contributed by atoms with Crippen molar-refractivity contribution in [3.05, 3.63) is 0 Å². The van der Waals surface area contributed by atoms with E-state index in [4.69, 9.17) is 0 Å². The highest BCUT2D eigenvalue weighted by atomic mass is 19.4. The van der Waals surface area contributed by atoms with Crippen molar-refractivity contribution in [2.24, 2.45) is 5.92 Å². The molecule has 0 aliphatic heterocycles. The summed E-state index contributed by atoms with van der Waals surface area (Å²) < 4.78 is 82.2. The Morgan fingerprint density at radius 1 is 1.11 bits per heavy atom. The van der Waals surface area contributed by atoms with Crippen LogP contribution >= 0.6 is 0 Å². The lowest BCUT2D eigenvalue weighted by Crippen LogP contribution is -2.43. The number of ether oxygens (including phenoxy) is 2. The summed E-state index contributed by atoms with van der Waals surface area (Å²) in [4.78, 5) is 11.1. The van der Waals surface area contributed by atoms with Crippen LogP contribution in [0.25, 0.3) is 0 Å². The second-order valence-electron chi connectivity index (χ2n) is 3.31. The fraction of sp³-hybridized carbons (Fsp3) is 0.889. The number of hydrogen-bond donors (Lipinski definition) is 0. The monoisotopic (exact) mass is 282 g/mol. The van der Waals surface area contributed by atoms with Crippen molar-refractivity contribution in [2.75, 3.05) is 13.7 Å². The number of carbonyl (C=O) groups is 1. The van der Waals surface area contributed by atoms with Crippen molar-refractivity contribution < 1.29 is 40.6 Å². The lowest BCUT2D eigenvalue weighted by molar-refractivity contribution is -0.275. The third-order valence-electron chi connectivity index (χ3n) is 1.96. The van der Waals surface area contributed by atoms with Gasteiger partial charge in [0.05, 0.1) is 6.42 Å². The summed E-state index contributed by atoms with van der Waals surface area (Å²) in [5.41, 5.74) is 0. The van der Waals surface area contributed by atoms with Gasteiger partial charge < -0.3 is 9.47 Å². The Balaban J connectivity index is 4.89. The van der Waals surface area contributed by atoms with Gasteiger partial charge in [-0.25, -0.2) is 0 Å². The van der Waals surface area contributed by atoms with Gasteiger partial charge in [-0.05, 0) is 6.92 Å². The first-order valence-corrected chi connectivity index (χ1v) is 4.84. The summed E-state index contributed by atoms with van der Waals surface area (Å²) in [6, 6.07) is 0. The lowest BCUT2D eigenvalue weighted by atomic mass is 10.00. The molecular weight excluding hydrogens is 270 g/mol. The molecule has 0 saturated carbocycles. The number of rotatable bonds is 6. The van der Waals surface area contributed by atoms with E-state index < -0.39 is 36.8 Å². The quantitative estimate of drug-likeness (QED) is 0.555. The first kappa shape index (κ1) is 17.2. The van der Waals surface area contributed by atoms with Crippen LogP contribution in [-0.2, 0) is 14.3 Å². The molecule has 1 unspecified atom stereocenters. The van der Waals surface area contributed by atoms with Crippen LogP contribution in [0.3, 0.4) is 0 Å². The summed E-state index contributed by atoms with van der Waals surface area (Å²) in [6.07, 6.45) is -13.9. The summed E-state index contributed by atoms with van der Waals surface area (Å²) >= 11 is 0. The summed E-state index contributed by atoms with van der Waals surface area (Å²) in [7, 11) is 1.02. The molecular formula is C9H12F6O3. The minimum atomic E-state index is -5.68. The Bertz CT molecular complexity index is 258. The molecule has 18 heavy (non-hydrogen) atoms. The van der Waals surface area contributed by atoms with Crippen LogP contribution in [0.4, 0.5) is 26.3 Å². The fourth-order valence-electron chi connectivity index (χ4n) is 1.23. The van der Waals surface area contributed by atoms with E-state index in [-0.39, 0.29) is 6.61 Å². The third-order valence-corrected chi connectivity index (χ3v) is 1.96. The number of carbonyl (C=O) groups excluding carboxylic acids is 1. The summed E-state index contributed by atoms with van der Waals surface area (Å²) in [5.74, 6) is -6.04. The maximum absolute atomic E-state index is 12.2. The van der Waals surface area contributed by atoms with Crippen LogP contribution in [-0.4, -0.2) is 38.1 Å². The number of methoxy groups -OCH3 is 1. The second-order valence-corrected chi connectivity index (χ2v) is 3.31. The maximum Gasteiger partial charge on any atom is 0.407 e. The van der Waals surface area contributed by atoms with Crippen molar-refractivity contribution in [1.29, 1.82) is 0 Å². The third kappa shape index (κ3) is 5.21. The van der Waals surface area contributed by atoms with Crippen LogP contribution in [0.5, 0.6) is 0 Å². The van der Waals surface area contributed by atoms with Crippen LogP contribution in [0.1, 0.15) is 13.3 Å². The van der Waals surface area contributed by atoms with Crippen molar-refractivity contribution in [3.63, 3.8) is 0 Å². The van der Waals surface area contributed by atoms with Gasteiger partial charge in [0, 0.05) is 13.7 Å². The Labute approximate surface area is 99.0 Å². The van der Waals surface area contributed by atoms with Gasteiger partial charge in [-0.2, -0.15) is 26.3 Å². The van der Waals surface area contributed by atoms with Crippen LogP contribution < -0.4 is 0 Å². The van der Waals surface area contributed by atoms with Gasteiger partial charge >= 0.3 is 12.4 Å². The molecule has 9 heteroatoms. The van der Waals surface area contributed by atoms with Gasteiger partial charge in [0.2, 0.25) is 5.92 Å². The fourth-order valence-corrected chi connectivity index (χ4v) is 1.23. The minimum absolute atomic E-state index is 0.00547. The molecule has 108 valence electrons. The molecule has 0 aromatic carbocycles. The van der Waals surface area contributed by atoms with Crippen LogP contribution in [0.15, 0.2) is 0 Å². The molecule has 0 saturated heterocycles. The molecule has 0 amide bonds. The van der Waals surface area contributed by atoms with Crippen LogP contribution in [0, 0.1) is 5.92 Å². The van der Waals surface area contributed by atoms with Crippen LogP contribution in [0.2, 0.25) is 0 Å². The molecule has 0 radical (unpaired) electrons. The number of alkyl halides is 6. The molecule has 0 fully saturated rings. The van der Waals surface area contributed by atoms with Crippen molar-refractivity contribution >= 4 is 5.78 Å². The van der Waals surface area contributed by atoms with Gasteiger partial charge in [-0.3, -0.25) is 4.79 Å². The molecule has 0 rings (SSSR count). The van der Waals surface area contributed by atoms with E-state index in [0.29, 0.717) is 0 Å². The first-order chi connectivity index (χ1) is 8.04. The Morgan fingerprint density at radius 2 is 1.56 bits per heavy atom. The second kappa shape index (κ2) is 6.37. The zero-order chi connectivity index (χ0) is 14.6. The normalized spacial score (nSPS) is 14.9. The van der Waals surface area contributed by atoms with E-state index in [1.54, 1.807) is 0 Å². The largest absolute Gasteiger partial charge is 0.407 e. The average molecular weight is 282 g/mol. The van der Waals surface area contributed by atoms with Gasteiger partial charge in [-0.15, -0.1) is 0 Å². The predicted molar refractivity (Wildman–Crippen MR) is 47.6 cm³/mol.